The lowest BCUT2D eigenvalue weighted by atomic mass is 10.0. The molecule has 0 radical (unpaired) electrons. The zero-order valence-corrected chi connectivity index (χ0v) is 45.5. The molecule has 398 valence electrons. The molecule has 6 heteroatoms. The summed E-state index contributed by atoms with van der Waals surface area (Å²) in [4.78, 5) is 37.8. The SMILES string of the molecule is CC/C=C\C/C=C\C/C=C\C/C=C\C/C=C\C/C=C\C/C=C\CCCCCCCCCCCCCC(=O)OCC(COC(=O)CCCCCCCC)OC(=O)CCCCCCC/C=C\C/C=C\CCC. The van der Waals surface area contributed by atoms with Crippen LogP contribution in [0.25, 0.3) is 0 Å². The third-order valence-corrected chi connectivity index (χ3v) is 12.0. The van der Waals surface area contributed by atoms with E-state index in [2.05, 4.69) is 130 Å². The molecular weight excluding hydrogens is 865 g/mol. The van der Waals surface area contributed by atoms with Gasteiger partial charge >= 0.3 is 17.9 Å². The number of allylic oxidation sites excluding steroid dienone is 18. The molecule has 0 rings (SSSR count). The minimum absolute atomic E-state index is 0.0841. The lowest BCUT2D eigenvalue weighted by Crippen LogP contribution is -2.30. The third kappa shape index (κ3) is 55.0. The smallest absolute Gasteiger partial charge is 0.306 e. The molecule has 0 aliphatic carbocycles. The van der Waals surface area contributed by atoms with Crippen LogP contribution in [0.4, 0.5) is 0 Å². The Bertz CT molecular complexity index is 1440. The largest absolute Gasteiger partial charge is 0.462 e. The summed E-state index contributed by atoms with van der Waals surface area (Å²) < 4.78 is 16.7. The van der Waals surface area contributed by atoms with Gasteiger partial charge in [-0.05, 0) is 103 Å². The first kappa shape index (κ1) is 66.1. The van der Waals surface area contributed by atoms with Crippen molar-refractivity contribution in [3.05, 3.63) is 109 Å². The first-order valence-electron chi connectivity index (χ1n) is 28.9. The van der Waals surface area contributed by atoms with Gasteiger partial charge in [-0.15, -0.1) is 0 Å². The van der Waals surface area contributed by atoms with Crippen molar-refractivity contribution in [1.29, 1.82) is 0 Å². The van der Waals surface area contributed by atoms with Gasteiger partial charge in [-0.1, -0.05) is 246 Å². The van der Waals surface area contributed by atoms with Gasteiger partial charge in [0.05, 0.1) is 0 Å². The summed E-state index contributed by atoms with van der Waals surface area (Å²) in [5.74, 6) is -0.913. The number of hydrogen-bond donors (Lipinski definition) is 0. The second kappa shape index (κ2) is 57.6. The van der Waals surface area contributed by atoms with Crippen LogP contribution in [0.5, 0.6) is 0 Å². The average Bonchev–Trinajstić information content (AvgIpc) is 3.36. The van der Waals surface area contributed by atoms with E-state index >= 15 is 0 Å². The molecule has 0 N–H and O–H groups in total. The van der Waals surface area contributed by atoms with Gasteiger partial charge in [0.1, 0.15) is 13.2 Å². The summed E-state index contributed by atoms with van der Waals surface area (Å²) in [6, 6.07) is 0. The number of esters is 3. The van der Waals surface area contributed by atoms with Crippen LogP contribution in [0.3, 0.4) is 0 Å². The van der Waals surface area contributed by atoms with E-state index in [1.807, 2.05) is 0 Å². The number of carbonyl (C=O) groups is 3. The molecule has 0 spiro atoms. The molecule has 0 bridgehead atoms. The molecule has 0 fully saturated rings. The first-order chi connectivity index (χ1) is 34.5. The Morgan fingerprint density at radius 1 is 0.300 bits per heavy atom. The van der Waals surface area contributed by atoms with Gasteiger partial charge in [-0.2, -0.15) is 0 Å². The number of hydrogen-bond acceptors (Lipinski definition) is 6. The normalized spacial score (nSPS) is 12.9. The maximum absolute atomic E-state index is 12.7. The molecule has 0 heterocycles. The standard InChI is InChI=1S/C64H106O6/c1-4-7-10-13-16-18-20-22-23-24-25-26-27-28-29-30-31-32-33-34-35-36-37-38-39-40-41-43-44-46-48-51-54-57-63(66)69-60-61(59-68-62(65)56-53-50-15-12-9-6-3)70-64(67)58-55-52-49-47-45-42-21-19-17-14-11-8-5-2/h7,10-11,14,16,18-19,21-23,25-26,28-29,31-32,34-35,61H,4-6,8-9,12-13,15,17,20,24,27,30,33,36-60H2,1-3H3/b10-7-,14-11-,18-16-,21-19-,23-22-,26-25-,29-28-,32-31-,35-34-. The molecule has 1 unspecified atom stereocenters. The first-order valence-corrected chi connectivity index (χ1v) is 28.9. The van der Waals surface area contributed by atoms with Gasteiger partial charge in [-0.3, -0.25) is 14.4 Å². The fraction of sp³-hybridized carbons (Fsp3) is 0.672. The van der Waals surface area contributed by atoms with Crippen LogP contribution >= 0.6 is 0 Å². The summed E-state index contributed by atoms with van der Waals surface area (Å²) in [6.45, 7) is 6.38. The van der Waals surface area contributed by atoms with Gasteiger partial charge < -0.3 is 14.2 Å². The van der Waals surface area contributed by atoms with Crippen molar-refractivity contribution >= 4 is 17.9 Å². The van der Waals surface area contributed by atoms with Crippen molar-refractivity contribution in [3.8, 4) is 0 Å². The quantitative estimate of drug-likeness (QED) is 0.0262. The van der Waals surface area contributed by atoms with Gasteiger partial charge in [0.25, 0.3) is 0 Å². The van der Waals surface area contributed by atoms with Crippen LogP contribution in [0.15, 0.2) is 109 Å². The molecule has 0 saturated heterocycles. The van der Waals surface area contributed by atoms with Crippen molar-refractivity contribution in [2.45, 2.75) is 264 Å². The Labute approximate surface area is 431 Å². The Balaban J connectivity index is 4.05. The minimum atomic E-state index is -0.782. The molecule has 0 aromatic heterocycles. The topological polar surface area (TPSA) is 78.9 Å². The zero-order valence-electron chi connectivity index (χ0n) is 45.5. The lowest BCUT2D eigenvalue weighted by Gasteiger charge is -2.18. The second-order valence-corrected chi connectivity index (χ2v) is 18.8. The summed E-state index contributed by atoms with van der Waals surface area (Å²) >= 11 is 0. The molecule has 0 aromatic carbocycles. The number of unbranched alkanes of at least 4 members (excludes halogenated alkanes) is 22. The number of rotatable bonds is 51. The van der Waals surface area contributed by atoms with Gasteiger partial charge in [0.2, 0.25) is 0 Å². The molecule has 0 aliphatic heterocycles. The Hall–Kier alpha value is -3.93. The van der Waals surface area contributed by atoms with E-state index in [-0.39, 0.29) is 31.1 Å². The maximum Gasteiger partial charge on any atom is 0.306 e. The van der Waals surface area contributed by atoms with Crippen molar-refractivity contribution in [3.63, 3.8) is 0 Å². The molecular formula is C64H106O6. The van der Waals surface area contributed by atoms with E-state index in [4.69, 9.17) is 14.2 Å². The summed E-state index contributed by atoms with van der Waals surface area (Å²) in [5, 5.41) is 0. The van der Waals surface area contributed by atoms with E-state index in [0.717, 1.165) is 135 Å². The van der Waals surface area contributed by atoms with Gasteiger partial charge in [0, 0.05) is 19.3 Å². The fourth-order valence-corrected chi connectivity index (χ4v) is 7.70. The minimum Gasteiger partial charge on any atom is -0.462 e. The number of ether oxygens (including phenoxy) is 3. The van der Waals surface area contributed by atoms with Crippen LogP contribution in [0.2, 0.25) is 0 Å². The molecule has 70 heavy (non-hydrogen) atoms. The van der Waals surface area contributed by atoms with Crippen molar-refractivity contribution < 1.29 is 28.6 Å². The molecule has 0 aromatic rings. The average molecular weight is 972 g/mol. The van der Waals surface area contributed by atoms with E-state index in [1.165, 1.54) is 83.5 Å². The highest BCUT2D eigenvalue weighted by molar-refractivity contribution is 5.71. The van der Waals surface area contributed by atoms with Crippen LogP contribution in [0.1, 0.15) is 258 Å². The Morgan fingerprint density at radius 3 is 0.929 bits per heavy atom. The predicted molar refractivity (Wildman–Crippen MR) is 302 cm³/mol. The summed E-state index contributed by atoms with van der Waals surface area (Å²) in [7, 11) is 0. The van der Waals surface area contributed by atoms with Crippen LogP contribution in [0, 0.1) is 0 Å². The van der Waals surface area contributed by atoms with E-state index in [1.54, 1.807) is 0 Å². The van der Waals surface area contributed by atoms with Crippen molar-refractivity contribution in [2.24, 2.45) is 0 Å². The lowest BCUT2D eigenvalue weighted by molar-refractivity contribution is -0.167. The Kier molecular flexibility index (Phi) is 54.4. The molecule has 1 atom stereocenters. The van der Waals surface area contributed by atoms with E-state index in [0.29, 0.717) is 19.3 Å². The highest BCUT2D eigenvalue weighted by atomic mass is 16.6. The number of carbonyl (C=O) groups excluding carboxylic acids is 3. The third-order valence-electron chi connectivity index (χ3n) is 12.0. The fourth-order valence-electron chi connectivity index (χ4n) is 7.70. The highest BCUT2D eigenvalue weighted by Crippen LogP contribution is 2.15. The van der Waals surface area contributed by atoms with Crippen LogP contribution in [-0.2, 0) is 28.6 Å². The van der Waals surface area contributed by atoms with Gasteiger partial charge in [0.15, 0.2) is 6.10 Å². The van der Waals surface area contributed by atoms with E-state index < -0.39 is 6.10 Å². The van der Waals surface area contributed by atoms with Crippen LogP contribution < -0.4 is 0 Å². The van der Waals surface area contributed by atoms with Crippen molar-refractivity contribution in [2.75, 3.05) is 13.2 Å². The molecule has 6 nitrogen and oxygen atoms in total. The summed E-state index contributed by atoms with van der Waals surface area (Å²) in [6.07, 6.45) is 78.4. The summed E-state index contributed by atoms with van der Waals surface area (Å²) in [5.41, 5.74) is 0. The monoisotopic (exact) mass is 971 g/mol. The Morgan fingerprint density at radius 2 is 0.586 bits per heavy atom. The van der Waals surface area contributed by atoms with E-state index in [9.17, 15) is 14.4 Å². The molecule has 0 amide bonds. The van der Waals surface area contributed by atoms with Crippen LogP contribution in [-0.4, -0.2) is 37.2 Å². The molecule has 0 saturated carbocycles. The second-order valence-electron chi connectivity index (χ2n) is 18.8. The maximum atomic E-state index is 12.7. The van der Waals surface area contributed by atoms with Gasteiger partial charge in [-0.25, -0.2) is 0 Å². The zero-order chi connectivity index (χ0) is 50.7. The highest BCUT2D eigenvalue weighted by Gasteiger charge is 2.19. The molecule has 0 aliphatic rings. The predicted octanol–water partition coefficient (Wildman–Crippen LogP) is 19.5. The van der Waals surface area contributed by atoms with Crippen molar-refractivity contribution in [1.82, 2.24) is 0 Å².